The number of morpholine rings is 1. The average Bonchev–Trinajstić information content (AvgIpc) is 2.67. The summed E-state index contributed by atoms with van der Waals surface area (Å²) in [6.45, 7) is 5.40. The predicted molar refractivity (Wildman–Crippen MR) is 47.3 cm³/mol. The van der Waals surface area contributed by atoms with E-state index >= 15 is 0 Å². The molecule has 13 heavy (non-hydrogen) atoms. The third kappa shape index (κ3) is 1.71. The van der Waals surface area contributed by atoms with Crippen molar-refractivity contribution in [2.24, 2.45) is 0 Å². The summed E-state index contributed by atoms with van der Waals surface area (Å²) in [5, 5.41) is 7.38. The van der Waals surface area contributed by atoms with Crippen LogP contribution in [0.3, 0.4) is 0 Å². The van der Waals surface area contributed by atoms with Crippen molar-refractivity contribution < 1.29 is 4.74 Å². The van der Waals surface area contributed by atoms with Gasteiger partial charge in [0.05, 0.1) is 6.61 Å². The summed E-state index contributed by atoms with van der Waals surface area (Å²) in [7, 11) is 0. The highest BCUT2D eigenvalue weighted by Crippen LogP contribution is 2.15. The maximum atomic E-state index is 5.58. The Morgan fingerprint density at radius 1 is 1.77 bits per heavy atom. The monoisotopic (exact) mass is 182 g/mol. The van der Waals surface area contributed by atoms with Crippen LogP contribution in [0.1, 0.15) is 18.9 Å². The highest BCUT2D eigenvalue weighted by Gasteiger charge is 2.20. The third-order valence-electron chi connectivity index (χ3n) is 2.16. The summed E-state index contributed by atoms with van der Waals surface area (Å²) in [4.78, 5) is 4.20. The number of nitrogens with zero attached hydrogens (tertiary/aromatic N) is 3. The van der Waals surface area contributed by atoms with Gasteiger partial charge in [-0.1, -0.05) is 0 Å². The number of aryl methyl sites for hydroxylation is 1. The second-order valence-corrected chi connectivity index (χ2v) is 3.00. The van der Waals surface area contributed by atoms with Gasteiger partial charge in [-0.15, -0.1) is 0 Å². The van der Waals surface area contributed by atoms with Crippen molar-refractivity contribution in [1.82, 2.24) is 20.1 Å². The van der Waals surface area contributed by atoms with Crippen molar-refractivity contribution in [2.45, 2.75) is 19.6 Å². The summed E-state index contributed by atoms with van der Waals surface area (Å²) in [6.07, 6.45) is 1.65. The Balaban J connectivity index is 2.13. The van der Waals surface area contributed by atoms with E-state index in [-0.39, 0.29) is 6.10 Å². The zero-order chi connectivity index (χ0) is 9.10. The molecule has 1 aromatic rings. The van der Waals surface area contributed by atoms with E-state index < -0.39 is 0 Å². The summed E-state index contributed by atoms with van der Waals surface area (Å²) in [5.41, 5.74) is 0. The van der Waals surface area contributed by atoms with Crippen LogP contribution in [0.15, 0.2) is 6.33 Å². The molecule has 5 heteroatoms. The van der Waals surface area contributed by atoms with Crippen LogP contribution >= 0.6 is 0 Å². The molecular formula is C8H14N4O. The summed E-state index contributed by atoms with van der Waals surface area (Å²) >= 11 is 0. The third-order valence-corrected chi connectivity index (χ3v) is 2.16. The van der Waals surface area contributed by atoms with E-state index in [1.165, 1.54) is 0 Å². The largest absolute Gasteiger partial charge is 0.368 e. The average molecular weight is 182 g/mol. The first-order valence-corrected chi connectivity index (χ1v) is 4.62. The molecule has 1 aliphatic rings. The molecule has 2 rings (SSSR count). The Labute approximate surface area is 77.1 Å². The number of hydrogen-bond acceptors (Lipinski definition) is 4. The first-order chi connectivity index (χ1) is 6.42. The number of hydrogen-bond donors (Lipinski definition) is 1. The van der Waals surface area contributed by atoms with Crippen LogP contribution in [-0.2, 0) is 11.3 Å². The highest BCUT2D eigenvalue weighted by atomic mass is 16.5. The molecular weight excluding hydrogens is 168 g/mol. The number of rotatable bonds is 2. The van der Waals surface area contributed by atoms with Gasteiger partial charge >= 0.3 is 0 Å². The van der Waals surface area contributed by atoms with Gasteiger partial charge in [0.15, 0.2) is 5.82 Å². The zero-order valence-electron chi connectivity index (χ0n) is 7.73. The topological polar surface area (TPSA) is 52.0 Å². The van der Waals surface area contributed by atoms with Gasteiger partial charge in [0.25, 0.3) is 0 Å². The lowest BCUT2D eigenvalue weighted by Gasteiger charge is -2.22. The van der Waals surface area contributed by atoms with E-state index in [1.807, 2.05) is 4.68 Å². The fourth-order valence-corrected chi connectivity index (χ4v) is 1.50. The summed E-state index contributed by atoms with van der Waals surface area (Å²) in [6, 6.07) is 0. The van der Waals surface area contributed by atoms with Gasteiger partial charge < -0.3 is 10.1 Å². The van der Waals surface area contributed by atoms with Crippen LogP contribution in [0.25, 0.3) is 0 Å². The molecule has 72 valence electrons. The van der Waals surface area contributed by atoms with E-state index in [2.05, 4.69) is 22.3 Å². The molecule has 1 unspecified atom stereocenters. The normalized spacial score (nSPS) is 23.3. The molecule has 0 aromatic carbocycles. The van der Waals surface area contributed by atoms with Crippen LogP contribution in [-0.4, -0.2) is 34.5 Å². The molecule has 1 fully saturated rings. The van der Waals surface area contributed by atoms with Gasteiger partial charge in [-0.3, -0.25) is 0 Å². The Morgan fingerprint density at radius 2 is 2.69 bits per heavy atom. The van der Waals surface area contributed by atoms with Crippen molar-refractivity contribution in [3.63, 3.8) is 0 Å². The molecule has 1 saturated heterocycles. The van der Waals surface area contributed by atoms with Gasteiger partial charge in [-0.05, 0) is 6.92 Å². The van der Waals surface area contributed by atoms with Crippen LogP contribution in [0.2, 0.25) is 0 Å². The van der Waals surface area contributed by atoms with Crippen LogP contribution in [0, 0.1) is 0 Å². The van der Waals surface area contributed by atoms with Crippen molar-refractivity contribution in [3.8, 4) is 0 Å². The van der Waals surface area contributed by atoms with Crippen molar-refractivity contribution in [3.05, 3.63) is 12.2 Å². The van der Waals surface area contributed by atoms with Gasteiger partial charge in [0, 0.05) is 19.6 Å². The molecule has 1 aromatic heterocycles. The minimum absolute atomic E-state index is 0.0659. The first kappa shape index (κ1) is 8.65. The Bertz CT molecular complexity index is 267. The van der Waals surface area contributed by atoms with Crippen LogP contribution < -0.4 is 5.32 Å². The van der Waals surface area contributed by atoms with E-state index in [4.69, 9.17) is 4.74 Å². The highest BCUT2D eigenvalue weighted by molar-refractivity contribution is 4.93. The summed E-state index contributed by atoms with van der Waals surface area (Å²) in [5.74, 6) is 0.926. The van der Waals surface area contributed by atoms with E-state index in [0.717, 1.165) is 32.1 Å². The van der Waals surface area contributed by atoms with Crippen molar-refractivity contribution in [1.29, 1.82) is 0 Å². The molecule has 0 spiro atoms. The maximum absolute atomic E-state index is 5.58. The molecule has 0 aliphatic carbocycles. The second-order valence-electron chi connectivity index (χ2n) is 3.00. The van der Waals surface area contributed by atoms with E-state index in [9.17, 15) is 0 Å². The molecule has 0 saturated carbocycles. The Hall–Kier alpha value is -0.940. The van der Waals surface area contributed by atoms with Crippen LogP contribution in [0.4, 0.5) is 0 Å². The van der Waals surface area contributed by atoms with Crippen LogP contribution in [0.5, 0.6) is 0 Å². The van der Waals surface area contributed by atoms with Gasteiger partial charge in [0.1, 0.15) is 12.4 Å². The number of nitrogens with one attached hydrogen (secondary N) is 1. The fraction of sp³-hybridized carbons (Fsp3) is 0.750. The molecule has 1 aliphatic heterocycles. The van der Waals surface area contributed by atoms with Gasteiger partial charge in [-0.2, -0.15) is 5.10 Å². The molecule has 0 radical (unpaired) electrons. The first-order valence-electron chi connectivity index (χ1n) is 4.62. The number of ether oxygens (including phenoxy) is 1. The maximum Gasteiger partial charge on any atom is 0.157 e. The molecule has 1 atom stereocenters. The fourth-order valence-electron chi connectivity index (χ4n) is 1.50. The van der Waals surface area contributed by atoms with E-state index in [1.54, 1.807) is 6.33 Å². The number of aromatic nitrogens is 3. The van der Waals surface area contributed by atoms with E-state index in [0.29, 0.717) is 0 Å². The van der Waals surface area contributed by atoms with Crippen molar-refractivity contribution in [2.75, 3.05) is 19.7 Å². The molecule has 5 nitrogen and oxygen atoms in total. The Morgan fingerprint density at radius 3 is 3.38 bits per heavy atom. The van der Waals surface area contributed by atoms with Gasteiger partial charge in [-0.25, -0.2) is 9.67 Å². The summed E-state index contributed by atoms with van der Waals surface area (Å²) < 4.78 is 7.45. The second kappa shape index (κ2) is 3.85. The molecule has 0 amide bonds. The molecule has 1 N–H and O–H groups in total. The van der Waals surface area contributed by atoms with Crippen molar-refractivity contribution >= 4 is 0 Å². The zero-order valence-corrected chi connectivity index (χ0v) is 7.73. The SMILES string of the molecule is CCn1ncnc1C1CNCCO1. The lowest BCUT2D eigenvalue weighted by atomic mass is 10.3. The smallest absolute Gasteiger partial charge is 0.157 e. The van der Waals surface area contributed by atoms with Gasteiger partial charge in [0.2, 0.25) is 0 Å². The predicted octanol–water partition coefficient (Wildman–Crippen LogP) is -0.0411. The lowest BCUT2D eigenvalue weighted by Crippen LogP contribution is -2.34. The Kier molecular flexibility index (Phi) is 2.56. The minimum atomic E-state index is 0.0659. The molecule has 2 heterocycles. The standard InChI is InChI=1S/C8H14N4O/c1-2-12-8(10-6-11-12)7-5-9-3-4-13-7/h6-7,9H,2-5H2,1H3. The minimum Gasteiger partial charge on any atom is -0.368 e. The molecule has 0 bridgehead atoms. The lowest BCUT2D eigenvalue weighted by molar-refractivity contribution is 0.0194. The quantitative estimate of drug-likeness (QED) is 0.697.